The summed E-state index contributed by atoms with van der Waals surface area (Å²) < 4.78 is 4.91. The highest BCUT2D eigenvalue weighted by molar-refractivity contribution is 5.94. The Hall–Kier alpha value is -1.29. The summed E-state index contributed by atoms with van der Waals surface area (Å²) >= 11 is 0. The minimum atomic E-state index is -0.0882. The molecule has 0 aliphatic heterocycles. The van der Waals surface area contributed by atoms with Crippen molar-refractivity contribution in [2.24, 2.45) is 17.8 Å². The van der Waals surface area contributed by atoms with Crippen LogP contribution >= 0.6 is 0 Å². The van der Waals surface area contributed by atoms with E-state index in [2.05, 4.69) is 5.32 Å². The molecule has 3 rings (SSSR count). The fourth-order valence-electron chi connectivity index (χ4n) is 3.53. The van der Waals surface area contributed by atoms with Crippen molar-refractivity contribution in [1.29, 1.82) is 0 Å². The molecule has 4 atom stereocenters. The van der Waals surface area contributed by atoms with Gasteiger partial charge in [0.25, 0.3) is 5.91 Å². The standard InChI is InChI=1S/C13H17NO3/c15-6-11-8-1-2-9(5-8)12(11)14-13(16)10-3-4-17-7-10/h3-4,7-9,11-12,15H,1-2,5-6H2,(H,14,16). The van der Waals surface area contributed by atoms with E-state index in [4.69, 9.17) is 4.42 Å². The van der Waals surface area contributed by atoms with Gasteiger partial charge in [0.1, 0.15) is 6.26 Å². The van der Waals surface area contributed by atoms with E-state index < -0.39 is 0 Å². The predicted molar refractivity (Wildman–Crippen MR) is 61.4 cm³/mol. The molecule has 0 aromatic carbocycles. The Kier molecular flexibility index (Phi) is 2.67. The monoisotopic (exact) mass is 235 g/mol. The first-order chi connectivity index (χ1) is 8.29. The Morgan fingerprint density at radius 2 is 2.29 bits per heavy atom. The van der Waals surface area contributed by atoms with Gasteiger partial charge in [0.05, 0.1) is 11.8 Å². The lowest BCUT2D eigenvalue weighted by atomic mass is 9.85. The van der Waals surface area contributed by atoms with E-state index in [9.17, 15) is 9.90 Å². The van der Waals surface area contributed by atoms with Crippen molar-refractivity contribution in [3.05, 3.63) is 24.2 Å². The maximum Gasteiger partial charge on any atom is 0.254 e. The van der Waals surface area contributed by atoms with Gasteiger partial charge in [-0.3, -0.25) is 4.79 Å². The van der Waals surface area contributed by atoms with Gasteiger partial charge in [-0.15, -0.1) is 0 Å². The Balaban J connectivity index is 1.71. The van der Waals surface area contributed by atoms with E-state index in [1.54, 1.807) is 6.07 Å². The number of aliphatic hydroxyl groups excluding tert-OH is 1. The Bertz CT molecular complexity index is 401. The SMILES string of the molecule is O=C(NC1C2CCC(C2)C1CO)c1ccoc1. The molecule has 2 aliphatic rings. The number of hydrogen-bond donors (Lipinski definition) is 2. The van der Waals surface area contributed by atoms with Gasteiger partial charge in [0.15, 0.2) is 0 Å². The lowest BCUT2D eigenvalue weighted by Gasteiger charge is -2.30. The molecule has 4 unspecified atom stereocenters. The van der Waals surface area contributed by atoms with Gasteiger partial charge in [-0.05, 0) is 37.2 Å². The quantitative estimate of drug-likeness (QED) is 0.832. The fourth-order valence-corrected chi connectivity index (χ4v) is 3.53. The molecule has 1 amide bonds. The van der Waals surface area contributed by atoms with Gasteiger partial charge >= 0.3 is 0 Å². The molecule has 17 heavy (non-hydrogen) atoms. The highest BCUT2D eigenvalue weighted by Crippen LogP contribution is 2.48. The van der Waals surface area contributed by atoms with Crippen LogP contribution in [0.4, 0.5) is 0 Å². The summed E-state index contributed by atoms with van der Waals surface area (Å²) in [4.78, 5) is 11.9. The second-order valence-corrected chi connectivity index (χ2v) is 5.19. The zero-order chi connectivity index (χ0) is 11.8. The van der Waals surface area contributed by atoms with Gasteiger partial charge in [0, 0.05) is 18.6 Å². The van der Waals surface area contributed by atoms with Crippen molar-refractivity contribution >= 4 is 5.91 Å². The zero-order valence-corrected chi connectivity index (χ0v) is 9.63. The summed E-state index contributed by atoms with van der Waals surface area (Å²) in [7, 11) is 0. The van der Waals surface area contributed by atoms with Crippen LogP contribution in [0, 0.1) is 17.8 Å². The molecule has 2 N–H and O–H groups in total. The van der Waals surface area contributed by atoms with Gasteiger partial charge < -0.3 is 14.8 Å². The van der Waals surface area contributed by atoms with Crippen molar-refractivity contribution in [2.45, 2.75) is 25.3 Å². The maximum absolute atomic E-state index is 11.9. The molecule has 4 heteroatoms. The van der Waals surface area contributed by atoms with Crippen LogP contribution in [0.2, 0.25) is 0 Å². The van der Waals surface area contributed by atoms with Crippen LogP contribution in [0.1, 0.15) is 29.6 Å². The molecule has 1 aromatic heterocycles. The third kappa shape index (κ3) is 1.76. The molecule has 0 saturated heterocycles. The van der Waals surface area contributed by atoms with Crippen LogP contribution < -0.4 is 5.32 Å². The van der Waals surface area contributed by atoms with Crippen LogP contribution in [0.15, 0.2) is 23.0 Å². The average molecular weight is 235 g/mol. The van der Waals surface area contributed by atoms with Gasteiger partial charge in [0.2, 0.25) is 0 Å². The van der Waals surface area contributed by atoms with Crippen LogP contribution in [0.5, 0.6) is 0 Å². The molecule has 2 saturated carbocycles. The van der Waals surface area contributed by atoms with Crippen LogP contribution in [-0.2, 0) is 0 Å². The van der Waals surface area contributed by atoms with Crippen molar-refractivity contribution in [2.75, 3.05) is 6.61 Å². The van der Waals surface area contributed by atoms with Crippen LogP contribution in [0.3, 0.4) is 0 Å². The second-order valence-electron chi connectivity index (χ2n) is 5.19. The summed E-state index contributed by atoms with van der Waals surface area (Å²) in [6.07, 6.45) is 6.49. The lowest BCUT2D eigenvalue weighted by molar-refractivity contribution is 0.0861. The molecule has 1 aromatic rings. The zero-order valence-electron chi connectivity index (χ0n) is 9.63. The van der Waals surface area contributed by atoms with Crippen LogP contribution in [0.25, 0.3) is 0 Å². The second kappa shape index (κ2) is 4.18. The van der Waals surface area contributed by atoms with E-state index in [1.807, 2.05) is 0 Å². The van der Waals surface area contributed by atoms with Gasteiger partial charge in [-0.25, -0.2) is 0 Å². The average Bonchev–Trinajstić information content (AvgIpc) is 3.05. The number of furan rings is 1. The van der Waals surface area contributed by atoms with E-state index in [0.717, 1.165) is 6.42 Å². The number of aliphatic hydroxyl groups is 1. The van der Waals surface area contributed by atoms with Crippen molar-refractivity contribution in [1.82, 2.24) is 5.32 Å². The fraction of sp³-hybridized carbons (Fsp3) is 0.615. The molecule has 0 radical (unpaired) electrons. The highest BCUT2D eigenvalue weighted by atomic mass is 16.3. The minimum absolute atomic E-state index is 0.0882. The molecular formula is C13H17NO3. The van der Waals surface area contributed by atoms with E-state index in [0.29, 0.717) is 17.4 Å². The molecule has 2 aliphatic carbocycles. The third-order valence-electron chi connectivity index (χ3n) is 4.38. The van der Waals surface area contributed by atoms with E-state index in [1.165, 1.54) is 25.4 Å². The molecule has 4 nitrogen and oxygen atoms in total. The number of fused-ring (bicyclic) bond motifs is 2. The number of rotatable bonds is 3. The van der Waals surface area contributed by atoms with Crippen molar-refractivity contribution in [3.63, 3.8) is 0 Å². The number of amides is 1. The first kappa shape index (κ1) is 10.8. The number of hydrogen-bond acceptors (Lipinski definition) is 3. The summed E-state index contributed by atoms with van der Waals surface area (Å²) in [6.45, 7) is 0.178. The van der Waals surface area contributed by atoms with Gasteiger partial charge in [-0.1, -0.05) is 0 Å². The molecule has 92 valence electrons. The Morgan fingerprint density at radius 1 is 1.47 bits per heavy atom. The normalized spacial score (nSPS) is 35.1. The van der Waals surface area contributed by atoms with E-state index in [-0.39, 0.29) is 24.5 Å². The summed E-state index contributed by atoms with van der Waals surface area (Å²) in [5.41, 5.74) is 0.560. The van der Waals surface area contributed by atoms with Crippen molar-refractivity contribution < 1.29 is 14.3 Å². The first-order valence-electron chi connectivity index (χ1n) is 6.23. The molecule has 2 bridgehead atoms. The molecular weight excluding hydrogens is 218 g/mol. The molecule has 0 spiro atoms. The number of nitrogens with one attached hydrogen (secondary N) is 1. The Morgan fingerprint density at radius 3 is 3.00 bits per heavy atom. The maximum atomic E-state index is 11.9. The van der Waals surface area contributed by atoms with Crippen molar-refractivity contribution in [3.8, 4) is 0 Å². The first-order valence-corrected chi connectivity index (χ1v) is 6.23. The largest absolute Gasteiger partial charge is 0.472 e. The molecule has 2 fully saturated rings. The highest BCUT2D eigenvalue weighted by Gasteiger charge is 2.47. The minimum Gasteiger partial charge on any atom is -0.472 e. The lowest BCUT2D eigenvalue weighted by Crippen LogP contribution is -2.45. The third-order valence-corrected chi connectivity index (χ3v) is 4.38. The smallest absolute Gasteiger partial charge is 0.254 e. The predicted octanol–water partition coefficient (Wildman–Crippen LogP) is 1.42. The van der Waals surface area contributed by atoms with Crippen LogP contribution in [-0.4, -0.2) is 23.7 Å². The number of carbonyl (C=O) groups is 1. The molecule has 1 heterocycles. The summed E-state index contributed by atoms with van der Waals surface area (Å²) in [5, 5.41) is 12.5. The summed E-state index contributed by atoms with van der Waals surface area (Å²) in [6, 6.07) is 1.80. The number of carbonyl (C=O) groups excluding carboxylic acids is 1. The topological polar surface area (TPSA) is 62.5 Å². The van der Waals surface area contributed by atoms with Gasteiger partial charge in [-0.2, -0.15) is 0 Å². The van der Waals surface area contributed by atoms with E-state index >= 15 is 0 Å². The Labute approximate surface area is 100 Å². The summed E-state index contributed by atoms with van der Waals surface area (Å²) in [5.74, 6) is 1.30.